The zero-order chi connectivity index (χ0) is 18.0. The van der Waals surface area contributed by atoms with Crippen LogP contribution in [0.25, 0.3) is 0 Å². The zero-order valence-corrected chi connectivity index (χ0v) is 14.4. The van der Waals surface area contributed by atoms with Crippen LogP contribution < -0.4 is 5.32 Å². The summed E-state index contributed by atoms with van der Waals surface area (Å²) in [5.74, 6) is -0.803. The van der Waals surface area contributed by atoms with Gasteiger partial charge < -0.3 is 10.2 Å². The normalized spacial score (nSPS) is 16.8. The Morgan fingerprint density at radius 3 is 2.56 bits per heavy atom. The van der Waals surface area contributed by atoms with Gasteiger partial charge in [0.25, 0.3) is 5.91 Å². The molecule has 5 heteroatoms. The molecular formula is C20H21FN2O2. The lowest BCUT2D eigenvalue weighted by Gasteiger charge is -2.24. The van der Waals surface area contributed by atoms with E-state index in [4.69, 9.17) is 0 Å². The molecule has 0 spiro atoms. The summed E-state index contributed by atoms with van der Waals surface area (Å²) in [5.41, 5.74) is 3.21. The molecule has 1 unspecified atom stereocenters. The van der Waals surface area contributed by atoms with Gasteiger partial charge in [0.1, 0.15) is 11.9 Å². The molecule has 25 heavy (non-hydrogen) atoms. The average Bonchev–Trinajstić information content (AvgIpc) is 3.08. The maximum absolute atomic E-state index is 13.1. The minimum absolute atomic E-state index is 0.179. The van der Waals surface area contributed by atoms with Crippen molar-refractivity contribution in [2.45, 2.75) is 32.7 Å². The summed E-state index contributed by atoms with van der Waals surface area (Å²) in [5, 5.41) is 2.95. The summed E-state index contributed by atoms with van der Waals surface area (Å²) in [6.07, 6.45) is 1.40. The highest BCUT2D eigenvalue weighted by Crippen LogP contribution is 2.23. The Morgan fingerprint density at radius 1 is 1.12 bits per heavy atom. The third-order valence-electron chi connectivity index (χ3n) is 4.56. The number of anilines is 1. The van der Waals surface area contributed by atoms with Crippen molar-refractivity contribution >= 4 is 17.5 Å². The number of nitrogens with zero attached hydrogens (tertiary/aromatic N) is 1. The number of amides is 2. The summed E-state index contributed by atoms with van der Waals surface area (Å²) in [6.45, 7) is 4.43. The first-order valence-corrected chi connectivity index (χ1v) is 8.40. The van der Waals surface area contributed by atoms with Crippen LogP contribution in [0.4, 0.5) is 10.1 Å². The SMILES string of the molecule is Cc1ccc(C)c(NC(=O)C2CCCN2C(=O)c2ccc(F)cc2)c1. The van der Waals surface area contributed by atoms with Gasteiger partial charge in [-0.1, -0.05) is 12.1 Å². The van der Waals surface area contributed by atoms with Crippen molar-refractivity contribution in [3.8, 4) is 0 Å². The summed E-state index contributed by atoms with van der Waals surface area (Å²) in [4.78, 5) is 27.0. The molecule has 1 aliphatic heterocycles. The minimum Gasteiger partial charge on any atom is -0.327 e. The number of carbonyl (C=O) groups is 2. The highest BCUT2D eigenvalue weighted by Gasteiger charge is 2.34. The fourth-order valence-electron chi connectivity index (χ4n) is 3.13. The highest BCUT2D eigenvalue weighted by atomic mass is 19.1. The van der Waals surface area contributed by atoms with Crippen LogP contribution in [-0.4, -0.2) is 29.3 Å². The third-order valence-corrected chi connectivity index (χ3v) is 4.56. The van der Waals surface area contributed by atoms with E-state index in [1.807, 2.05) is 32.0 Å². The van der Waals surface area contributed by atoms with E-state index in [2.05, 4.69) is 5.32 Å². The first kappa shape index (κ1) is 17.1. The third kappa shape index (κ3) is 3.71. The topological polar surface area (TPSA) is 49.4 Å². The Morgan fingerprint density at radius 2 is 1.84 bits per heavy atom. The molecule has 2 aromatic carbocycles. The van der Waals surface area contributed by atoms with E-state index in [0.29, 0.717) is 18.5 Å². The molecule has 3 rings (SSSR count). The summed E-state index contributed by atoms with van der Waals surface area (Å²) >= 11 is 0. The molecule has 1 atom stereocenters. The van der Waals surface area contributed by atoms with Crippen LogP contribution >= 0.6 is 0 Å². The standard InChI is InChI=1S/C20H21FN2O2/c1-13-5-6-14(2)17(12-13)22-19(24)18-4-3-11-23(18)20(25)15-7-9-16(21)10-8-15/h5-10,12,18H,3-4,11H2,1-2H3,(H,22,24). The monoisotopic (exact) mass is 340 g/mol. The molecule has 1 fully saturated rings. The number of halogens is 1. The van der Waals surface area contributed by atoms with Crippen LogP contribution in [0.3, 0.4) is 0 Å². The molecular weight excluding hydrogens is 319 g/mol. The number of likely N-dealkylation sites (tertiary alicyclic amines) is 1. The van der Waals surface area contributed by atoms with Crippen molar-refractivity contribution in [3.05, 3.63) is 65.0 Å². The van der Waals surface area contributed by atoms with Gasteiger partial charge >= 0.3 is 0 Å². The molecule has 4 nitrogen and oxygen atoms in total. The molecule has 1 aliphatic rings. The predicted octanol–water partition coefficient (Wildman–Crippen LogP) is 3.69. The van der Waals surface area contributed by atoms with Crippen LogP contribution in [-0.2, 0) is 4.79 Å². The van der Waals surface area contributed by atoms with Crippen molar-refractivity contribution < 1.29 is 14.0 Å². The minimum atomic E-state index is -0.502. The van der Waals surface area contributed by atoms with E-state index in [0.717, 1.165) is 23.2 Å². The van der Waals surface area contributed by atoms with E-state index in [9.17, 15) is 14.0 Å². The van der Waals surface area contributed by atoms with E-state index in [1.165, 1.54) is 24.3 Å². The van der Waals surface area contributed by atoms with Gasteiger partial charge in [-0.05, 0) is 68.1 Å². The maximum atomic E-state index is 13.1. The zero-order valence-electron chi connectivity index (χ0n) is 14.4. The highest BCUT2D eigenvalue weighted by molar-refractivity contribution is 6.01. The lowest BCUT2D eigenvalue weighted by Crippen LogP contribution is -2.43. The Bertz CT molecular complexity index is 802. The second kappa shape index (κ2) is 7.05. The molecule has 0 saturated carbocycles. The predicted molar refractivity (Wildman–Crippen MR) is 95.0 cm³/mol. The average molecular weight is 340 g/mol. The Labute approximate surface area is 146 Å². The summed E-state index contributed by atoms with van der Waals surface area (Å²) in [6, 6.07) is 10.8. The fraction of sp³-hybridized carbons (Fsp3) is 0.300. The number of benzene rings is 2. The van der Waals surface area contributed by atoms with E-state index < -0.39 is 6.04 Å². The van der Waals surface area contributed by atoms with Crippen LogP contribution in [0.1, 0.15) is 34.3 Å². The molecule has 130 valence electrons. The van der Waals surface area contributed by atoms with Gasteiger partial charge in [0.15, 0.2) is 0 Å². The number of nitrogens with one attached hydrogen (secondary N) is 1. The molecule has 0 aliphatic carbocycles. The van der Waals surface area contributed by atoms with Crippen molar-refractivity contribution in [2.24, 2.45) is 0 Å². The summed E-state index contributed by atoms with van der Waals surface area (Å²) < 4.78 is 13.1. The van der Waals surface area contributed by atoms with Crippen molar-refractivity contribution in [3.63, 3.8) is 0 Å². The number of hydrogen-bond donors (Lipinski definition) is 1. The smallest absolute Gasteiger partial charge is 0.254 e. The van der Waals surface area contributed by atoms with Gasteiger partial charge in [-0.3, -0.25) is 9.59 Å². The second-order valence-corrected chi connectivity index (χ2v) is 6.47. The number of carbonyl (C=O) groups excluding carboxylic acids is 2. The lowest BCUT2D eigenvalue weighted by atomic mass is 10.1. The number of rotatable bonds is 3. The van der Waals surface area contributed by atoms with Crippen LogP contribution in [0.2, 0.25) is 0 Å². The van der Waals surface area contributed by atoms with E-state index in [-0.39, 0.29) is 17.6 Å². The van der Waals surface area contributed by atoms with Crippen molar-refractivity contribution in [1.82, 2.24) is 4.90 Å². The van der Waals surface area contributed by atoms with Gasteiger partial charge in [0.2, 0.25) is 5.91 Å². The molecule has 1 heterocycles. The van der Waals surface area contributed by atoms with Gasteiger partial charge in [-0.25, -0.2) is 4.39 Å². The first-order valence-electron chi connectivity index (χ1n) is 8.40. The van der Waals surface area contributed by atoms with E-state index in [1.54, 1.807) is 4.90 Å². The molecule has 1 N–H and O–H groups in total. The van der Waals surface area contributed by atoms with Crippen LogP contribution in [0.5, 0.6) is 0 Å². The van der Waals surface area contributed by atoms with Gasteiger partial charge in [0, 0.05) is 17.8 Å². The summed E-state index contributed by atoms with van der Waals surface area (Å²) in [7, 11) is 0. The fourth-order valence-corrected chi connectivity index (χ4v) is 3.13. The molecule has 1 saturated heterocycles. The Hall–Kier alpha value is -2.69. The molecule has 2 amide bonds. The van der Waals surface area contributed by atoms with Gasteiger partial charge in [0.05, 0.1) is 0 Å². The van der Waals surface area contributed by atoms with Gasteiger partial charge in [-0.2, -0.15) is 0 Å². The Balaban J connectivity index is 1.76. The van der Waals surface area contributed by atoms with E-state index >= 15 is 0 Å². The van der Waals surface area contributed by atoms with Crippen molar-refractivity contribution in [2.75, 3.05) is 11.9 Å². The second-order valence-electron chi connectivity index (χ2n) is 6.47. The lowest BCUT2D eigenvalue weighted by molar-refractivity contribution is -0.119. The van der Waals surface area contributed by atoms with Gasteiger partial charge in [-0.15, -0.1) is 0 Å². The molecule has 0 aromatic heterocycles. The molecule has 2 aromatic rings. The quantitative estimate of drug-likeness (QED) is 0.926. The van der Waals surface area contributed by atoms with Crippen LogP contribution in [0.15, 0.2) is 42.5 Å². The first-order chi connectivity index (χ1) is 12.0. The van der Waals surface area contributed by atoms with Crippen LogP contribution in [0, 0.1) is 19.7 Å². The largest absolute Gasteiger partial charge is 0.327 e. The molecule has 0 radical (unpaired) electrons. The number of aryl methyl sites for hydroxylation is 2. The molecule has 0 bridgehead atoms. The maximum Gasteiger partial charge on any atom is 0.254 e. The Kier molecular flexibility index (Phi) is 4.83. The van der Waals surface area contributed by atoms with Crippen molar-refractivity contribution in [1.29, 1.82) is 0 Å². The number of hydrogen-bond acceptors (Lipinski definition) is 2.